The minimum Gasteiger partial charge on any atom is -0.323 e. The third-order valence-electron chi connectivity index (χ3n) is 2.04. The minimum absolute atomic E-state index is 0.733. The molecule has 2 heterocycles. The number of para-hydroxylation sites is 2. The first-order chi connectivity index (χ1) is 6.93. The van der Waals surface area contributed by atoms with E-state index >= 15 is 0 Å². The Hall–Kier alpha value is -2.17. The second-order valence-electron chi connectivity index (χ2n) is 2.95. The Labute approximate surface area is 79.4 Å². The number of nitrogens with one attached hydrogen (secondary N) is 1. The molecule has 0 radical (unpaired) electrons. The van der Waals surface area contributed by atoms with Gasteiger partial charge in [-0.25, -0.2) is 4.98 Å². The van der Waals surface area contributed by atoms with Crippen molar-refractivity contribution in [2.75, 3.05) is 0 Å². The number of hydrogen-bond donors (Lipinski definition) is 1. The van der Waals surface area contributed by atoms with Gasteiger partial charge in [-0.2, -0.15) is 0 Å². The lowest BCUT2D eigenvalue weighted by Gasteiger charge is -1.90. The maximum absolute atomic E-state index is 4.38. The molecule has 1 N–H and O–H groups in total. The molecule has 2 aromatic heterocycles. The fraction of sp³-hybridized carbons (Fsp3) is 0. The number of hydrogen-bond acceptors (Lipinski definition) is 3. The van der Waals surface area contributed by atoms with Gasteiger partial charge < -0.3 is 4.98 Å². The van der Waals surface area contributed by atoms with Gasteiger partial charge in [-0.3, -0.25) is 4.57 Å². The van der Waals surface area contributed by atoms with E-state index in [0.717, 1.165) is 17.0 Å². The van der Waals surface area contributed by atoms with Gasteiger partial charge in [0.2, 0.25) is 5.95 Å². The lowest BCUT2D eigenvalue weighted by molar-refractivity contribution is 0.965. The Morgan fingerprint density at radius 3 is 2.64 bits per heavy atom. The number of H-pyrrole nitrogens is 1. The molecule has 0 spiro atoms. The van der Waals surface area contributed by atoms with Gasteiger partial charge in [-0.15, -0.1) is 10.2 Å². The molecule has 0 saturated heterocycles. The summed E-state index contributed by atoms with van der Waals surface area (Å²) in [4.78, 5) is 7.55. The second kappa shape index (κ2) is 2.66. The Kier molecular flexibility index (Phi) is 1.38. The van der Waals surface area contributed by atoms with Crippen molar-refractivity contribution in [3.8, 4) is 5.95 Å². The van der Waals surface area contributed by atoms with E-state index in [-0.39, 0.29) is 0 Å². The van der Waals surface area contributed by atoms with Gasteiger partial charge in [0, 0.05) is 0 Å². The van der Waals surface area contributed by atoms with Crippen LogP contribution in [0.2, 0.25) is 0 Å². The van der Waals surface area contributed by atoms with Gasteiger partial charge >= 0.3 is 0 Å². The summed E-state index contributed by atoms with van der Waals surface area (Å²) in [6.07, 6.45) is 3.22. The van der Waals surface area contributed by atoms with Crippen molar-refractivity contribution in [2.24, 2.45) is 0 Å². The Morgan fingerprint density at radius 1 is 1.07 bits per heavy atom. The molecule has 0 saturated carbocycles. The van der Waals surface area contributed by atoms with Crippen molar-refractivity contribution < 1.29 is 0 Å². The largest absolute Gasteiger partial charge is 0.323 e. The van der Waals surface area contributed by atoms with E-state index < -0.39 is 0 Å². The molecule has 68 valence electrons. The lowest BCUT2D eigenvalue weighted by atomic mass is 10.3. The summed E-state index contributed by atoms with van der Waals surface area (Å²) < 4.78 is 1.74. The normalized spacial score (nSPS) is 10.9. The molecule has 0 fully saturated rings. The highest BCUT2D eigenvalue weighted by atomic mass is 15.3. The number of rotatable bonds is 1. The molecule has 3 rings (SSSR count). The molecule has 0 aliphatic heterocycles. The highest BCUT2D eigenvalue weighted by molar-refractivity contribution is 5.75. The third-order valence-corrected chi connectivity index (χ3v) is 2.04. The molecule has 0 atom stereocenters. The van der Waals surface area contributed by atoms with Crippen LogP contribution < -0.4 is 0 Å². The predicted octanol–water partition coefficient (Wildman–Crippen LogP) is 1.14. The molecule has 0 aliphatic rings. The van der Waals surface area contributed by atoms with E-state index in [1.54, 1.807) is 17.2 Å². The van der Waals surface area contributed by atoms with Crippen LogP contribution in [0.3, 0.4) is 0 Å². The van der Waals surface area contributed by atoms with E-state index in [9.17, 15) is 0 Å². The first-order valence-electron chi connectivity index (χ1n) is 4.23. The first kappa shape index (κ1) is 7.25. The fourth-order valence-corrected chi connectivity index (χ4v) is 1.37. The maximum Gasteiger partial charge on any atom is 0.214 e. The van der Waals surface area contributed by atoms with Gasteiger partial charge in [-0.05, 0) is 12.1 Å². The number of imidazole rings is 1. The van der Waals surface area contributed by atoms with Gasteiger partial charge in [-0.1, -0.05) is 12.1 Å². The van der Waals surface area contributed by atoms with Crippen LogP contribution in [0.5, 0.6) is 0 Å². The average Bonchev–Trinajstić information content (AvgIpc) is 2.86. The van der Waals surface area contributed by atoms with Crippen LogP contribution in [0.25, 0.3) is 17.0 Å². The summed E-state index contributed by atoms with van der Waals surface area (Å²) in [6, 6.07) is 7.87. The summed E-state index contributed by atoms with van der Waals surface area (Å²) in [5.74, 6) is 0.733. The Morgan fingerprint density at radius 2 is 1.86 bits per heavy atom. The first-order valence-corrected chi connectivity index (χ1v) is 4.23. The van der Waals surface area contributed by atoms with Crippen molar-refractivity contribution in [3.05, 3.63) is 36.9 Å². The number of aromatic nitrogens is 5. The van der Waals surface area contributed by atoms with E-state index in [2.05, 4.69) is 20.2 Å². The van der Waals surface area contributed by atoms with E-state index in [4.69, 9.17) is 0 Å². The molecule has 5 heteroatoms. The molecule has 14 heavy (non-hydrogen) atoms. The zero-order valence-corrected chi connectivity index (χ0v) is 7.25. The molecule has 1 aromatic carbocycles. The SMILES string of the molecule is c1ccc2[nH]c(-n3cnnc3)nc2c1. The highest BCUT2D eigenvalue weighted by Gasteiger charge is 2.02. The molecular weight excluding hydrogens is 178 g/mol. The van der Waals surface area contributed by atoms with E-state index in [1.165, 1.54) is 0 Å². The second-order valence-corrected chi connectivity index (χ2v) is 2.95. The van der Waals surface area contributed by atoms with Crippen LogP contribution in [0.4, 0.5) is 0 Å². The summed E-state index contributed by atoms with van der Waals surface area (Å²) >= 11 is 0. The van der Waals surface area contributed by atoms with E-state index in [1.807, 2.05) is 24.3 Å². The topological polar surface area (TPSA) is 59.4 Å². The lowest BCUT2D eigenvalue weighted by Crippen LogP contribution is -1.91. The quantitative estimate of drug-likeness (QED) is 0.618. The average molecular weight is 185 g/mol. The van der Waals surface area contributed by atoms with Gasteiger partial charge in [0.1, 0.15) is 12.7 Å². The summed E-state index contributed by atoms with van der Waals surface area (Å²) in [6.45, 7) is 0. The Bertz CT molecular complexity index is 518. The van der Waals surface area contributed by atoms with Crippen LogP contribution in [-0.2, 0) is 0 Å². The van der Waals surface area contributed by atoms with E-state index in [0.29, 0.717) is 0 Å². The molecule has 5 nitrogen and oxygen atoms in total. The van der Waals surface area contributed by atoms with Crippen molar-refractivity contribution >= 4 is 11.0 Å². The van der Waals surface area contributed by atoms with Crippen LogP contribution in [0.15, 0.2) is 36.9 Å². The third kappa shape index (κ3) is 0.990. The number of nitrogens with zero attached hydrogens (tertiary/aromatic N) is 4. The number of benzene rings is 1. The van der Waals surface area contributed by atoms with Gasteiger partial charge in [0.15, 0.2) is 0 Å². The standard InChI is InChI=1S/C9H7N5/c1-2-4-8-7(3-1)12-9(13-8)14-5-10-11-6-14/h1-6H,(H,12,13). The molecule has 0 aliphatic carbocycles. The monoisotopic (exact) mass is 185 g/mol. The molecule has 0 unspecified atom stereocenters. The number of fused-ring (bicyclic) bond motifs is 1. The zero-order valence-electron chi connectivity index (χ0n) is 7.25. The smallest absolute Gasteiger partial charge is 0.214 e. The molecule has 3 aromatic rings. The number of aromatic amines is 1. The van der Waals surface area contributed by atoms with Crippen LogP contribution in [0, 0.1) is 0 Å². The molecular formula is C9H7N5. The van der Waals surface area contributed by atoms with Crippen molar-refractivity contribution in [3.63, 3.8) is 0 Å². The van der Waals surface area contributed by atoms with Gasteiger partial charge in [0.25, 0.3) is 0 Å². The minimum atomic E-state index is 0.733. The highest BCUT2D eigenvalue weighted by Crippen LogP contribution is 2.12. The molecule has 0 amide bonds. The maximum atomic E-state index is 4.38. The van der Waals surface area contributed by atoms with Crippen molar-refractivity contribution in [2.45, 2.75) is 0 Å². The summed E-state index contributed by atoms with van der Waals surface area (Å²) in [5.41, 5.74) is 1.95. The van der Waals surface area contributed by atoms with Crippen LogP contribution in [0.1, 0.15) is 0 Å². The fourth-order valence-electron chi connectivity index (χ4n) is 1.37. The van der Waals surface area contributed by atoms with Crippen molar-refractivity contribution in [1.29, 1.82) is 0 Å². The van der Waals surface area contributed by atoms with Crippen LogP contribution in [-0.4, -0.2) is 24.7 Å². The predicted molar refractivity (Wildman–Crippen MR) is 51.0 cm³/mol. The van der Waals surface area contributed by atoms with Gasteiger partial charge in [0.05, 0.1) is 11.0 Å². The zero-order chi connectivity index (χ0) is 9.38. The Balaban J connectivity index is 2.24. The molecule has 0 bridgehead atoms. The summed E-state index contributed by atoms with van der Waals surface area (Å²) in [5, 5.41) is 7.44. The summed E-state index contributed by atoms with van der Waals surface area (Å²) in [7, 11) is 0. The van der Waals surface area contributed by atoms with Crippen LogP contribution >= 0.6 is 0 Å². The van der Waals surface area contributed by atoms with Crippen molar-refractivity contribution in [1.82, 2.24) is 24.7 Å².